The average Bonchev–Trinajstić information content (AvgIpc) is 2.96. The predicted octanol–water partition coefficient (Wildman–Crippen LogP) is 0.667. The lowest BCUT2D eigenvalue weighted by Crippen LogP contribution is -2.50. The summed E-state index contributed by atoms with van der Waals surface area (Å²) >= 11 is 0. The summed E-state index contributed by atoms with van der Waals surface area (Å²) in [6, 6.07) is 2.88. The largest absolute Gasteiger partial charge is 0.380 e. The van der Waals surface area contributed by atoms with Crippen molar-refractivity contribution < 1.29 is 9.53 Å². The number of aromatic nitrogens is 2. The van der Waals surface area contributed by atoms with Crippen molar-refractivity contribution in [1.29, 1.82) is 0 Å². The van der Waals surface area contributed by atoms with Gasteiger partial charge in [-0.15, -0.1) is 0 Å². The van der Waals surface area contributed by atoms with Gasteiger partial charge in [-0.05, 0) is 20.3 Å². The zero-order valence-electron chi connectivity index (χ0n) is 10.8. The van der Waals surface area contributed by atoms with Gasteiger partial charge in [-0.1, -0.05) is 0 Å². The predicted molar refractivity (Wildman–Crippen MR) is 64.8 cm³/mol. The normalized spacial score (nSPS) is 22.2. The van der Waals surface area contributed by atoms with E-state index in [1.54, 1.807) is 17.1 Å². The van der Waals surface area contributed by atoms with E-state index in [0.717, 1.165) is 32.7 Å². The third-order valence-electron chi connectivity index (χ3n) is 4.09. The van der Waals surface area contributed by atoms with Gasteiger partial charge in [-0.2, -0.15) is 5.10 Å². The number of ether oxygens (including phenoxy) is 1. The number of carbonyl (C=O) groups is 1. The average molecular weight is 248 g/mol. The second kappa shape index (κ2) is 3.82. The number of rotatable bonds is 2. The molecular formula is C13H18N3O2. The van der Waals surface area contributed by atoms with Crippen LogP contribution in [0.15, 0.2) is 12.4 Å². The van der Waals surface area contributed by atoms with Crippen molar-refractivity contribution in [3.63, 3.8) is 0 Å². The monoisotopic (exact) mass is 248 g/mol. The molecule has 1 amide bonds. The van der Waals surface area contributed by atoms with Crippen molar-refractivity contribution in [1.82, 2.24) is 14.7 Å². The van der Waals surface area contributed by atoms with Gasteiger partial charge >= 0.3 is 0 Å². The molecule has 5 nitrogen and oxygen atoms in total. The molecule has 1 radical (unpaired) electrons. The van der Waals surface area contributed by atoms with Crippen LogP contribution >= 0.6 is 0 Å². The maximum Gasteiger partial charge on any atom is 0.249 e. The molecule has 97 valence electrons. The van der Waals surface area contributed by atoms with E-state index >= 15 is 0 Å². The molecule has 2 saturated heterocycles. The Morgan fingerprint density at radius 2 is 2.28 bits per heavy atom. The standard InChI is InChI=1S/C13H18N3O2/c1-12(2,16-6-3-5-14-16)11(17)15-7-4-13(8-15)9-18-10-13/h5-6H,4,7-10H2,1-2H3. The fraction of sp³-hybridized carbons (Fsp3) is 0.692. The first-order chi connectivity index (χ1) is 8.54. The third kappa shape index (κ3) is 1.65. The Morgan fingerprint density at radius 1 is 1.50 bits per heavy atom. The fourth-order valence-corrected chi connectivity index (χ4v) is 2.76. The topological polar surface area (TPSA) is 47.4 Å². The molecule has 5 heteroatoms. The van der Waals surface area contributed by atoms with E-state index in [1.807, 2.05) is 18.7 Å². The van der Waals surface area contributed by atoms with E-state index in [-0.39, 0.29) is 11.3 Å². The summed E-state index contributed by atoms with van der Waals surface area (Å²) in [4.78, 5) is 14.6. The molecule has 0 aromatic carbocycles. The van der Waals surface area contributed by atoms with Gasteiger partial charge in [0.1, 0.15) is 5.54 Å². The van der Waals surface area contributed by atoms with Crippen LogP contribution in [0, 0.1) is 11.5 Å². The smallest absolute Gasteiger partial charge is 0.249 e. The summed E-state index contributed by atoms with van der Waals surface area (Å²) in [5.74, 6) is 0.128. The van der Waals surface area contributed by atoms with E-state index in [4.69, 9.17) is 4.74 Å². The molecule has 0 bridgehead atoms. The zero-order chi connectivity index (χ0) is 12.8. The number of carbonyl (C=O) groups excluding carboxylic acids is 1. The molecule has 1 aromatic heterocycles. The zero-order valence-corrected chi connectivity index (χ0v) is 10.8. The molecule has 0 N–H and O–H groups in total. The highest BCUT2D eigenvalue weighted by Gasteiger charge is 2.48. The minimum Gasteiger partial charge on any atom is -0.380 e. The van der Waals surface area contributed by atoms with Crippen LogP contribution in [0.1, 0.15) is 20.3 Å². The Labute approximate surface area is 107 Å². The van der Waals surface area contributed by atoms with E-state index < -0.39 is 5.54 Å². The first-order valence-electron chi connectivity index (χ1n) is 6.32. The molecule has 0 saturated carbocycles. The summed E-state index contributed by atoms with van der Waals surface area (Å²) < 4.78 is 6.96. The van der Waals surface area contributed by atoms with Crippen LogP contribution in [0.25, 0.3) is 0 Å². The second-order valence-corrected chi connectivity index (χ2v) is 5.91. The quantitative estimate of drug-likeness (QED) is 0.772. The van der Waals surface area contributed by atoms with Crippen molar-refractivity contribution >= 4 is 5.91 Å². The van der Waals surface area contributed by atoms with Crippen LogP contribution < -0.4 is 0 Å². The lowest BCUT2D eigenvalue weighted by molar-refractivity contribution is -0.142. The SMILES string of the molecule is CC(C)(C(=O)N1CCC2(COC2)C1)n1c[c]cn1. The Hall–Kier alpha value is -1.36. The van der Waals surface area contributed by atoms with Crippen molar-refractivity contribution in [3.05, 3.63) is 18.5 Å². The highest BCUT2D eigenvalue weighted by molar-refractivity contribution is 5.84. The molecule has 3 heterocycles. The molecule has 1 aromatic rings. The van der Waals surface area contributed by atoms with E-state index in [9.17, 15) is 4.79 Å². The van der Waals surface area contributed by atoms with Gasteiger partial charge in [0, 0.05) is 30.8 Å². The maximum absolute atomic E-state index is 12.6. The van der Waals surface area contributed by atoms with Gasteiger partial charge in [0.15, 0.2) is 0 Å². The van der Waals surface area contributed by atoms with Gasteiger partial charge in [0.2, 0.25) is 5.91 Å². The van der Waals surface area contributed by atoms with Gasteiger partial charge in [0.05, 0.1) is 19.4 Å². The van der Waals surface area contributed by atoms with Crippen LogP contribution in [-0.4, -0.2) is 46.9 Å². The minimum absolute atomic E-state index is 0.128. The molecule has 0 atom stereocenters. The van der Waals surface area contributed by atoms with Gasteiger partial charge in [0.25, 0.3) is 0 Å². The summed E-state index contributed by atoms with van der Waals surface area (Å²) in [6.45, 7) is 7.05. The van der Waals surface area contributed by atoms with Gasteiger partial charge < -0.3 is 9.64 Å². The maximum atomic E-state index is 12.6. The highest BCUT2D eigenvalue weighted by atomic mass is 16.5. The Morgan fingerprint density at radius 3 is 2.78 bits per heavy atom. The van der Waals surface area contributed by atoms with Crippen LogP contribution in [0.4, 0.5) is 0 Å². The molecule has 2 aliphatic rings. The van der Waals surface area contributed by atoms with E-state index in [1.165, 1.54) is 0 Å². The Kier molecular flexibility index (Phi) is 2.48. The molecule has 3 rings (SSSR count). The molecular weight excluding hydrogens is 230 g/mol. The minimum atomic E-state index is -0.643. The van der Waals surface area contributed by atoms with Crippen LogP contribution in [0.3, 0.4) is 0 Å². The number of nitrogens with zero attached hydrogens (tertiary/aromatic N) is 3. The molecule has 18 heavy (non-hydrogen) atoms. The first-order valence-corrected chi connectivity index (χ1v) is 6.32. The van der Waals surface area contributed by atoms with Crippen LogP contribution in [0.2, 0.25) is 0 Å². The molecule has 2 fully saturated rings. The first kappa shape index (κ1) is 11.7. The Bertz CT molecular complexity index is 449. The number of hydrogen-bond acceptors (Lipinski definition) is 3. The van der Waals surface area contributed by atoms with E-state index in [2.05, 4.69) is 11.2 Å². The van der Waals surface area contributed by atoms with Crippen LogP contribution in [0.5, 0.6) is 0 Å². The number of hydrogen-bond donors (Lipinski definition) is 0. The summed E-state index contributed by atoms with van der Waals surface area (Å²) in [7, 11) is 0. The molecule has 1 spiro atoms. The van der Waals surface area contributed by atoms with Gasteiger partial charge in [-0.25, -0.2) is 0 Å². The lowest BCUT2D eigenvalue weighted by atomic mass is 9.85. The fourth-order valence-electron chi connectivity index (χ4n) is 2.76. The number of likely N-dealkylation sites (tertiary alicyclic amines) is 1. The summed E-state index contributed by atoms with van der Waals surface area (Å²) in [5.41, 5.74) is -0.405. The number of amides is 1. The van der Waals surface area contributed by atoms with Crippen molar-refractivity contribution in [2.45, 2.75) is 25.8 Å². The highest BCUT2D eigenvalue weighted by Crippen LogP contribution is 2.38. The van der Waals surface area contributed by atoms with Crippen molar-refractivity contribution in [3.8, 4) is 0 Å². The molecule has 0 aliphatic carbocycles. The van der Waals surface area contributed by atoms with Gasteiger partial charge in [-0.3, -0.25) is 9.48 Å². The molecule has 0 unspecified atom stereocenters. The van der Waals surface area contributed by atoms with E-state index in [0.29, 0.717) is 0 Å². The Balaban J connectivity index is 1.75. The summed E-state index contributed by atoms with van der Waals surface area (Å²) in [5, 5.41) is 4.14. The van der Waals surface area contributed by atoms with Crippen molar-refractivity contribution in [2.75, 3.05) is 26.3 Å². The molecule has 2 aliphatic heterocycles. The summed E-state index contributed by atoms with van der Waals surface area (Å²) in [6.07, 6.45) is 4.36. The van der Waals surface area contributed by atoms with Crippen molar-refractivity contribution in [2.24, 2.45) is 5.41 Å². The second-order valence-electron chi connectivity index (χ2n) is 5.91. The third-order valence-corrected chi connectivity index (χ3v) is 4.09. The van der Waals surface area contributed by atoms with Crippen LogP contribution in [-0.2, 0) is 15.1 Å². The lowest BCUT2D eigenvalue weighted by Gasteiger charge is -2.38.